The first-order valence-corrected chi connectivity index (χ1v) is 8.41. The van der Waals surface area contributed by atoms with Crippen LogP contribution in [0.1, 0.15) is 33.6 Å². The van der Waals surface area contributed by atoms with Crippen molar-refractivity contribution in [3.8, 4) is 0 Å². The number of piperidine rings is 3. The largest absolute Gasteiger partial charge is 0.444 e. The van der Waals surface area contributed by atoms with Crippen LogP contribution >= 0.6 is 0 Å². The van der Waals surface area contributed by atoms with Crippen LogP contribution in [0.3, 0.4) is 0 Å². The molecule has 4 rings (SSSR count). The van der Waals surface area contributed by atoms with Crippen molar-refractivity contribution in [2.24, 2.45) is 10.9 Å². The van der Waals surface area contributed by atoms with Gasteiger partial charge in [-0.05, 0) is 52.6 Å². The fourth-order valence-electron chi connectivity index (χ4n) is 3.53. The summed E-state index contributed by atoms with van der Waals surface area (Å²) >= 11 is 0. The summed E-state index contributed by atoms with van der Waals surface area (Å²) in [5.74, 6) is 1.69. The quantitative estimate of drug-likeness (QED) is 0.794. The van der Waals surface area contributed by atoms with Gasteiger partial charge in [-0.3, -0.25) is 9.89 Å². The lowest BCUT2D eigenvalue weighted by molar-refractivity contribution is 0.0273. The van der Waals surface area contributed by atoms with Gasteiger partial charge < -0.3 is 15.0 Å². The molecule has 2 bridgehead atoms. The average Bonchev–Trinajstić information content (AvgIpc) is 2.47. The zero-order chi connectivity index (χ0) is 15.7. The van der Waals surface area contributed by atoms with E-state index in [0.717, 1.165) is 18.3 Å². The number of carbonyl (C=O) groups is 1. The fraction of sp³-hybridized carbons (Fsp3) is 0.875. The van der Waals surface area contributed by atoms with Gasteiger partial charge in [-0.15, -0.1) is 0 Å². The van der Waals surface area contributed by atoms with E-state index in [1.807, 2.05) is 20.8 Å². The summed E-state index contributed by atoms with van der Waals surface area (Å²) in [5, 5.41) is 3.60. The molecule has 0 aromatic rings. The SMILES string of the molecule is CC(C)(C)OC(=O)N1CCN=C(NC2CN3CCC2CC3)C1. The highest BCUT2D eigenvalue weighted by molar-refractivity contribution is 5.88. The number of rotatable bonds is 1. The van der Waals surface area contributed by atoms with Gasteiger partial charge in [0.1, 0.15) is 11.4 Å². The van der Waals surface area contributed by atoms with Gasteiger partial charge in [0, 0.05) is 19.1 Å². The van der Waals surface area contributed by atoms with E-state index in [2.05, 4.69) is 15.2 Å². The van der Waals surface area contributed by atoms with Crippen molar-refractivity contribution >= 4 is 11.9 Å². The van der Waals surface area contributed by atoms with E-state index in [0.29, 0.717) is 25.7 Å². The molecule has 3 saturated heterocycles. The van der Waals surface area contributed by atoms with Crippen LogP contribution < -0.4 is 5.32 Å². The second-order valence-electron chi connectivity index (χ2n) is 7.62. The molecule has 0 aromatic carbocycles. The zero-order valence-corrected chi connectivity index (χ0v) is 14.0. The molecule has 1 atom stereocenters. The molecule has 1 amide bonds. The summed E-state index contributed by atoms with van der Waals surface area (Å²) in [5.41, 5.74) is -0.449. The Balaban J connectivity index is 1.54. The number of hydrogen-bond acceptors (Lipinski definition) is 5. The molecule has 4 aliphatic heterocycles. The molecule has 0 saturated carbocycles. The Morgan fingerprint density at radius 2 is 2.00 bits per heavy atom. The van der Waals surface area contributed by atoms with Gasteiger partial charge >= 0.3 is 6.09 Å². The van der Waals surface area contributed by atoms with Crippen LogP contribution in [-0.2, 0) is 4.74 Å². The van der Waals surface area contributed by atoms with Crippen LogP contribution in [0.5, 0.6) is 0 Å². The second-order valence-corrected chi connectivity index (χ2v) is 7.62. The lowest BCUT2D eigenvalue weighted by Gasteiger charge is -2.45. The number of ether oxygens (including phenoxy) is 1. The predicted molar refractivity (Wildman–Crippen MR) is 86.2 cm³/mol. The van der Waals surface area contributed by atoms with E-state index in [9.17, 15) is 4.79 Å². The van der Waals surface area contributed by atoms with Crippen LogP contribution in [0.25, 0.3) is 0 Å². The summed E-state index contributed by atoms with van der Waals surface area (Å²) in [4.78, 5) is 21.0. The topological polar surface area (TPSA) is 57.2 Å². The predicted octanol–water partition coefficient (Wildman–Crippen LogP) is 1.32. The Morgan fingerprint density at radius 3 is 2.59 bits per heavy atom. The van der Waals surface area contributed by atoms with Crippen molar-refractivity contribution in [2.75, 3.05) is 39.3 Å². The molecule has 0 radical (unpaired) electrons. The highest BCUT2D eigenvalue weighted by Gasteiger charge is 2.35. The first-order chi connectivity index (χ1) is 10.4. The highest BCUT2D eigenvalue weighted by atomic mass is 16.6. The van der Waals surface area contributed by atoms with Gasteiger partial charge in [-0.25, -0.2) is 4.79 Å². The van der Waals surface area contributed by atoms with E-state index in [4.69, 9.17) is 4.74 Å². The van der Waals surface area contributed by atoms with Gasteiger partial charge in [-0.1, -0.05) is 0 Å². The Kier molecular flexibility index (Phi) is 4.30. The molecular weight excluding hydrogens is 280 g/mol. The smallest absolute Gasteiger partial charge is 0.410 e. The minimum Gasteiger partial charge on any atom is -0.444 e. The monoisotopic (exact) mass is 308 g/mol. The second kappa shape index (κ2) is 6.07. The Hall–Kier alpha value is -1.30. The molecule has 3 fully saturated rings. The molecule has 0 aromatic heterocycles. The van der Waals surface area contributed by atoms with E-state index >= 15 is 0 Å². The van der Waals surface area contributed by atoms with Crippen LogP contribution in [0.2, 0.25) is 0 Å². The first kappa shape index (κ1) is 15.6. The van der Waals surface area contributed by atoms with Crippen molar-refractivity contribution in [1.82, 2.24) is 15.1 Å². The lowest BCUT2D eigenvalue weighted by atomic mass is 9.84. The van der Waals surface area contributed by atoms with E-state index in [1.165, 1.54) is 25.9 Å². The van der Waals surface area contributed by atoms with Crippen molar-refractivity contribution in [3.63, 3.8) is 0 Å². The Bertz CT molecular complexity index is 450. The van der Waals surface area contributed by atoms with Crippen molar-refractivity contribution in [2.45, 2.75) is 45.3 Å². The Labute approximate surface area is 132 Å². The van der Waals surface area contributed by atoms with Gasteiger partial charge in [0.2, 0.25) is 0 Å². The molecule has 0 aliphatic carbocycles. The summed E-state index contributed by atoms with van der Waals surface area (Å²) in [7, 11) is 0. The molecular formula is C16H28N4O2. The number of hydrogen-bond donors (Lipinski definition) is 1. The molecule has 6 nitrogen and oxygen atoms in total. The van der Waals surface area contributed by atoms with Crippen molar-refractivity contribution in [1.29, 1.82) is 0 Å². The van der Waals surface area contributed by atoms with Crippen LogP contribution in [0, 0.1) is 5.92 Å². The lowest BCUT2D eigenvalue weighted by Crippen LogP contribution is -2.59. The van der Waals surface area contributed by atoms with Crippen molar-refractivity contribution < 1.29 is 9.53 Å². The molecule has 4 heterocycles. The maximum atomic E-state index is 12.2. The maximum absolute atomic E-state index is 12.2. The van der Waals surface area contributed by atoms with Gasteiger partial charge in [0.25, 0.3) is 0 Å². The minimum absolute atomic E-state index is 0.240. The average molecular weight is 308 g/mol. The molecule has 124 valence electrons. The first-order valence-electron chi connectivity index (χ1n) is 8.41. The normalized spacial score (nSPS) is 31.7. The third-order valence-electron chi connectivity index (χ3n) is 4.67. The molecule has 4 aliphatic rings. The number of amidine groups is 1. The van der Waals surface area contributed by atoms with E-state index in [-0.39, 0.29) is 6.09 Å². The third kappa shape index (κ3) is 3.72. The van der Waals surface area contributed by atoms with Crippen molar-refractivity contribution in [3.05, 3.63) is 0 Å². The molecule has 1 unspecified atom stereocenters. The summed E-state index contributed by atoms with van der Waals surface area (Å²) in [6, 6.07) is 0.486. The molecule has 6 heteroatoms. The number of nitrogens with one attached hydrogen (secondary N) is 1. The number of carbonyl (C=O) groups excluding carboxylic acids is 1. The van der Waals surface area contributed by atoms with Gasteiger partial charge in [-0.2, -0.15) is 0 Å². The summed E-state index contributed by atoms with van der Waals surface area (Å²) in [6.45, 7) is 11.1. The number of amides is 1. The summed E-state index contributed by atoms with van der Waals surface area (Å²) in [6.07, 6.45) is 2.32. The molecule has 1 N–H and O–H groups in total. The fourth-order valence-corrected chi connectivity index (χ4v) is 3.53. The van der Waals surface area contributed by atoms with Crippen LogP contribution in [0.15, 0.2) is 4.99 Å². The van der Waals surface area contributed by atoms with Gasteiger partial charge in [0.05, 0.1) is 13.1 Å². The van der Waals surface area contributed by atoms with Crippen LogP contribution in [0.4, 0.5) is 4.79 Å². The maximum Gasteiger partial charge on any atom is 0.410 e. The highest BCUT2D eigenvalue weighted by Crippen LogP contribution is 2.27. The summed E-state index contributed by atoms with van der Waals surface area (Å²) < 4.78 is 5.46. The zero-order valence-electron chi connectivity index (χ0n) is 14.0. The van der Waals surface area contributed by atoms with Gasteiger partial charge in [0.15, 0.2) is 0 Å². The minimum atomic E-state index is -0.449. The number of nitrogens with zero attached hydrogens (tertiary/aromatic N) is 3. The van der Waals surface area contributed by atoms with Crippen LogP contribution in [-0.4, -0.2) is 72.6 Å². The van der Waals surface area contributed by atoms with E-state index < -0.39 is 5.60 Å². The standard InChI is InChI=1S/C16H28N4O2/c1-16(2,3)22-15(21)20-9-6-17-14(11-20)18-13-10-19-7-4-12(13)5-8-19/h12-13H,4-11H2,1-3H3,(H,17,18). The Morgan fingerprint density at radius 1 is 1.27 bits per heavy atom. The van der Waals surface area contributed by atoms with E-state index in [1.54, 1.807) is 4.90 Å². The molecule has 22 heavy (non-hydrogen) atoms. The third-order valence-corrected chi connectivity index (χ3v) is 4.67. The number of aliphatic imine (C=N–C) groups is 1. The number of fused-ring (bicyclic) bond motifs is 3. The molecule has 0 spiro atoms.